The number of aromatic nitrogens is 1. The maximum Gasteiger partial charge on any atom is 0.130 e. The van der Waals surface area contributed by atoms with Crippen molar-refractivity contribution < 1.29 is 4.74 Å². The average molecular weight is 316 g/mol. The van der Waals surface area contributed by atoms with Gasteiger partial charge in [0, 0.05) is 18.7 Å². The molecule has 0 bridgehead atoms. The van der Waals surface area contributed by atoms with E-state index in [1.165, 1.54) is 11.1 Å². The minimum atomic E-state index is 0.762. The Morgan fingerprint density at radius 2 is 1.33 bits per heavy atom. The number of hydrogen-bond acceptors (Lipinski definition) is 3. The Labute approximate surface area is 142 Å². The van der Waals surface area contributed by atoms with Gasteiger partial charge in [-0.15, -0.1) is 0 Å². The topological polar surface area (TPSA) is 25.4 Å². The molecule has 1 aliphatic rings. The molecule has 24 heavy (non-hydrogen) atoms. The van der Waals surface area contributed by atoms with Gasteiger partial charge in [-0.05, 0) is 23.3 Å². The third-order valence-electron chi connectivity index (χ3n) is 4.32. The van der Waals surface area contributed by atoms with E-state index < -0.39 is 0 Å². The number of ether oxygens (including phenoxy) is 1. The predicted molar refractivity (Wildman–Crippen MR) is 98.1 cm³/mol. The van der Waals surface area contributed by atoms with Crippen molar-refractivity contribution in [1.82, 2.24) is 4.98 Å². The third-order valence-corrected chi connectivity index (χ3v) is 4.32. The van der Waals surface area contributed by atoms with E-state index in [0.717, 1.165) is 43.4 Å². The number of hydrogen-bond donors (Lipinski definition) is 0. The summed E-state index contributed by atoms with van der Waals surface area (Å²) in [5.74, 6) is 1.03. The molecule has 120 valence electrons. The number of morpholine rings is 1. The molecular formula is C21H20N2O. The van der Waals surface area contributed by atoms with E-state index in [4.69, 9.17) is 9.72 Å². The van der Waals surface area contributed by atoms with Gasteiger partial charge in [-0.25, -0.2) is 4.98 Å². The molecule has 0 unspecified atom stereocenters. The molecule has 1 saturated heterocycles. The van der Waals surface area contributed by atoms with Crippen LogP contribution in [0.2, 0.25) is 0 Å². The first kappa shape index (κ1) is 14.9. The maximum absolute atomic E-state index is 5.48. The number of benzene rings is 2. The molecule has 3 aromatic rings. The van der Waals surface area contributed by atoms with Gasteiger partial charge in [0.2, 0.25) is 0 Å². The Bertz CT molecular complexity index is 739. The molecule has 0 amide bonds. The molecule has 0 spiro atoms. The summed E-state index contributed by atoms with van der Waals surface area (Å²) in [6.45, 7) is 3.30. The Morgan fingerprint density at radius 3 is 2.00 bits per heavy atom. The van der Waals surface area contributed by atoms with Crippen LogP contribution in [0.5, 0.6) is 0 Å². The Kier molecular flexibility index (Phi) is 4.26. The van der Waals surface area contributed by atoms with Gasteiger partial charge in [-0.2, -0.15) is 0 Å². The Hall–Kier alpha value is -2.65. The first-order valence-corrected chi connectivity index (χ1v) is 8.36. The zero-order valence-corrected chi connectivity index (χ0v) is 13.6. The molecule has 0 atom stereocenters. The second-order valence-corrected chi connectivity index (χ2v) is 5.93. The van der Waals surface area contributed by atoms with Crippen molar-refractivity contribution in [2.24, 2.45) is 0 Å². The van der Waals surface area contributed by atoms with Gasteiger partial charge in [0.05, 0.1) is 18.9 Å². The number of anilines is 1. The van der Waals surface area contributed by atoms with Crippen molar-refractivity contribution in [3.63, 3.8) is 0 Å². The van der Waals surface area contributed by atoms with Gasteiger partial charge in [0.15, 0.2) is 0 Å². The quantitative estimate of drug-likeness (QED) is 0.722. The molecule has 2 aromatic carbocycles. The van der Waals surface area contributed by atoms with Gasteiger partial charge >= 0.3 is 0 Å². The lowest BCUT2D eigenvalue weighted by molar-refractivity contribution is 0.122. The lowest BCUT2D eigenvalue weighted by atomic mass is 10.0. The van der Waals surface area contributed by atoms with Crippen LogP contribution >= 0.6 is 0 Å². The molecule has 2 heterocycles. The third kappa shape index (κ3) is 3.17. The highest BCUT2D eigenvalue weighted by Gasteiger charge is 2.15. The summed E-state index contributed by atoms with van der Waals surface area (Å²) in [7, 11) is 0. The molecule has 1 aliphatic heterocycles. The average Bonchev–Trinajstić information content (AvgIpc) is 2.70. The molecule has 3 heteroatoms. The largest absolute Gasteiger partial charge is 0.378 e. The van der Waals surface area contributed by atoms with Crippen LogP contribution in [0.15, 0.2) is 72.8 Å². The second kappa shape index (κ2) is 6.85. The molecule has 0 radical (unpaired) electrons. The lowest BCUT2D eigenvalue weighted by Crippen LogP contribution is -2.36. The van der Waals surface area contributed by atoms with Gasteiger partial charge in [0.1, 0.15) is 5.82 Å². The van der Waals surface area contributed by atoms with Gasteiger partial charge in [-0.3, -0.25) is 0 Å². The first-order chi connectivity index (χ1) is 11.9. The van der Waals surface area contributed by atoms with Crippen molar-refractivity contribution in [3.05, 3.63) is 72.8 Å². The van der Waals surface area contributed by atoms with Crippen LogP contribution in [0.4, 0.5) is 5.82 Å². The number of rotatable bonds is 3. The molecule has 1 fully saturated rings. The van der Waals surface area contributed by atoms with E-state index in [1.807, 2.05) is 12.1 Å². The highest BCUT2D eigenvalue weighted by Crippen LogP contribution is 2.29. The number of pyridine rings is 1. The van der Waals surface area contributed by atoms with Gasteiger partial charge in [-0.1, -0.05) is 60.7 Å². The minimum Gasteiger partial charge on any atom is -0.378 e. The molecule has 0 saturated carbocycles. The monoisotopic (exact) mass is 316 g/mol. The zero-order valence-electron chi connectivity index (χ0n) is 13.6. The van der Waals surface area contributed by atoms with Crippen LogP contribution in [0, 0.1) is 0 Å². The fourth-order valence-corrected chi connectivity index (χ4v) is 3.02. The summed E-state index contributed by atoms with van der Waals surface area (Å²) in [4.78, 5) is 7.23. The van der Waals surface area contributed by atoms with Crippen molar-refractivity contribution in [2.75, 3.05) is 31.2 Å². The second-order valence-electron chi connectivity index (χ2n) is 5.93. The van der Waals surface area contributed by atoms with Crippen LogP contribution in [-0.2, 0) is 4.74 Å². The van der Waals surface area contributed by atoms with Crippen LogP contribution in [0.25, 0.3) is 22.4 Å². The summed E-state index contributed by atoms with van der Waals surface area (Å²) in [5, 5.41) is 0. The summed E-state index contributed by atoms with van der Waals surface area (Å²) in [5.41, 5.74) is 4.57. The van der Waals surface area contributed by atoms with E-state index in [0.29, 0.717) is 0 Å². The van der Waals surface area contributed by atoms with E-state index in [2.05, 4.69) is 65.6 Å². The normalized spacial score (nSPS) is 14.6. The van der Waals surface area contributed by atoms with Crippen molar-refractivity contribution in [1.29, 1.82) is 0 Å². The fourth-order valence-electron chi connectivity index (χ4n) is 3.02. The Morgan fingerprint density at radius 1 is 0.708 bits per heavy atom. The molecule has 0 N–H and O–H groups in total. The SMILES string of the molecule is c1ccc(-c2cc(-c3ccccc3)nc(N3CCOCC3)c2)cc1. The van der Waals surface area contributed by atoms with Crippen LogP contribution < -0.4 is 4.90 Å². The van der Waals surface area contributed by atoms with Crippen molar-refractivity contribution in [3.8, 4) is 22.4 Å². The van der Waals surface area contributed by atoms with Crippen LogP contribution in [0.1, 0.15) is 0 Å². The minimum absolute atomic E-state index is 0.762. The molecule has 4 rings (SSSR count). The Balaban J connectivity index is 1.81. The first-order valence-electron chi connectivity index (χ1n) is 8.36. The molecule has 0 aliphatic carbocycles. The number of nitrogens with zero attached hydrogens (tertiary/aromatic N) is 2. The molecule has 3 nitrogen and oxygen atoms in total. The van der Waals surface area contributed by atoms with E-state index in [-0.39, 0.29) is 0 Å². The lowest BCUT2D eigenvalue weighted by Gasteiger charge is -2.28. The summed E-state index contributed by atoms with van der Waals surface area (Å²) in [6, 6.07) is 25.2. The standard InChI is InChI=1S/C21H20N2O/c1-3-7-17(8-4-1)19-15-20(18-9-5-2-6-10-18)22-21(16-19)23-11-13-24-14-12-23/h1-10,15-16H,11-14H2. The highest BCUT2D eigenvalue weighted by atomic mass is 16.5. The molecular weight excluding hydrogens is 296 g/mol. The van der Waals surface area contributed by atoms with Crippen molar-refractivity contribution >= 4 is 5.82 Å². The zero-order chi connectivity index (χ0) is 16.2. The predicted octanol–water partition coefficient (Wildman–Crippen LogP) is 4.25. The van der Waals surface area contributed by atoms with E-state index in [9.17, 15) is 0 Å². The highest BCUT2D eigenvalue weighted by molar-refractivity contribution is 5.74. The molecule has 1 aromatic heterocycles. The summed E-state index contributed by atoms with van der Waals surface area (Å²) >= 11 is 0. The summed E-state index contributed by atoms with van der Waals surface area (Å²) < 4.78 is 5.48. The van der Waals surface area contributed by atoms with E-state index in [1.54, 1.807) is 0 Å². The van der Waals surface area contributed by atoms with Crippen LogP contribution in [0.3, 0.4) is 0 Å². The van der Waals surface area contributed by atoms with E-state index >= 15 is 0 Å². The maximum atomic E-state index is 5.48. The van der Waals surface area contributed by atoms with Crippen molar-refractivity contribution in [2.45, 2.75) is 0 Å². The fraction of sp³-hybridized carbons (Fsp3) is 0.190. The smallest absolute Gasteiger partial charge is 0.130 e. The van der Waals surface area contributed by atoms with Gasteiger partial charge < -0.3 is 9.64 Å². The van der Waals surface area contributed by atoms with Crippen LogP contribution in [-0.4, -0.2) is 31.3 Å². The summed E-state index contributed by atoms with van der Waals surface area (Å²) in [6.07, 6.45) is 0. The van der Waals surface area contributed by atoms with Gasteiger partial charge in [0.25, 0.3) is 0 Å².